The van der Waals surface area contributed by atoms with Gasteiger partial charge in [-0.25, -0.2) is 0 Å². The van der Waals surface area contributed by atoms with E-state index in [2.05, 4.69) is 45.9 Å². The van der Waals surface area contributed by atoms with Crippen molar-refractivity contribution in [2.45, 2.75) is 52.5 Å². The van der Waals surface area contributed by atoms with Gasteiger partial charge in [0.25, 0.3) is 0 Å². The van der Waals surface area contributed by atoms with Gasteiger partial charge in [0.1, 0.15) is 0 Å². The Morgan fingerprint density at radius 1 is 1.18 bits per heavy atom. The monoisotopic (exact) mass is 231 g/mol. The van der Waals surface area contributed by atoms with Gasteiger partial charge in [0, 0.05) is 5.54 Å². The Bertz CT molecular complexity index is 410. The molecule has 1 fully saturated rings. The molecular weight excluding hydrogens is 206 g/mol. The van der Waals surface area contributed by atoms with Crippen molar-refractivity contribution in [3.05, 3.63) is 34.9 Å². The Morgan fingerprint density at radius 2 is 1.88 bits per heavy atom. The summed E-state index contributed by atoms with van der Waals surface area (Å²) in [4.78, 5) is 0. The molecule has 3 atom stereocenters. The minimum Gasteiger partial charge on any atom is -0.321 e. The minimum absolute atomic E-state index is 0.106. The molecule has 0 spiro atoms. The molecule has 1 saturated carbocycles. The Balaban J connectivity index is 2.34. The lowest BCUT2D eigenvalue weighted by atomic mass is 9.67. The van der Waals surface area contributed by atoms with Crippen molar-refractivity contribution in [1.82, 2.24) is 0 Å². The molecule has 3 unspecified atom stereocenters. The summed E-state index contributed by atoms with van der Waals surface area (Å²) in [7, 11) is 0. The van der Waals surface area contributed by atoms with Crippen LogP contribution in [0.4, 0.5) is 0 Å². The van der Waals surface area contributed by atoms with E-state index in [9.17, 15) is 0 Å². The number of hydrogen-bond donors (Lipinski definition) is 1. The fraction of sp³-hybridized carbons (Fsp3) is 0.625. The highest BCUT2D eigenvalue weighted by molar-refractivity contribution is 5.34. The van der Waals surface area contributed by atoms with E-state index in [1.165, 1.54) is 29.5 Å². The first-order valence-corrected chi connectivity index (χ1v) is 6.80. The molecule has 0 saturated heterocycles. The first-order valence-electron chi connectivity index (χ1n) is 6.80. The van der Waals surface area contributed by atoms with Crippen molar-refractivity contribution in [3.8, 4) is 0 Å². The summed E-state index contributed by atoms with van der Waals surface area (Å²) in [6, 6.07) is 6.74. The second kappa shape index (κ2) is 4.45. The van der Waals surface area contributed by atoms with Gasteiger partial charge in [-0.1, -0.05) is 32.0 Å². The van der Waals surface area contributed by atoms with E-state index in [-0.39, 0.29) is 5.54 Å². The van der Waals surface area contributed by atoms with Crippen molar-refractivity contribution in [3.63, 3.8) is 0 Å². The average molecular weight is 231 g/mol. The molecule has 0 amide bonds. The molecule has 94 valence electrons. The van der Waals surface area contributed by atoms with Gasteiger partial charge in [-0.05, 0) is 61.6 Å². The van der Waals surface area contributed by atoms with Gasteiger partial charge in [0.2, 0.25) is 0 Å². The first kappa shape index (κ1) is 12.6. The first-order chi connectivity index (χ1) is 7.93. The maximum absolute atomic E-state index is 6.71. The average Bonchev–Trinajstić information content (AvgIpc) is 2.28. The molecule has 1 aromatic carbocycles. The Kier molecular flexibility index (Phi) is 3.31. The molecule has 1 heteroatoms. The molecule has 1 aliphatic carbocycles. The number of hydrogen-bond acceptors (Lipinski definition) is 1. The molecule has 0 bridgehead atoms. The summed E-state index contributed by atoms with van der Waals surface area (Å²) in [6.07, 6.45) is 3.63. The quantitative estimate of drug-likeness (QED) is 0.779. The topological polar surface area (TPSA) is 26.0 Å². The number of nitrogens with two attached hydrogens (primary N) is 1. The largest absolute Gasteiger partial charge is 0.321 e. The molecular formula is C16H25N. The molecule has 0 heterocycles. The van der Waals surface area contributed by atoms with Crippen LogP contribution in [0.25, 0.3) is 0 Å². The van der Waals surface area contributed by atoms with Crippen molar-refractivity contribution in [2.24, 2.45) is 17.6 Å². The van der Waals surface area contributed by atoms with Crippen LogP contribution >= 0.6 is 0 Å². The predicted molar refractivity (Wildman–Crippen MR) is 74.0 cm³/mol. The number of aryl methyl sites for hydroxylation is 2. The summed E-state index contributed by atoms with van der Waals surface area (Å²) in [5.74, 6) is 1.40. The lowest BCUT2D eigenvalue weighted by molar-refractivity contribution is 0.164. The Hall–Kier alpha value is -0.820. The van der Waals surface area contributed by atoms with Crippen molar-refractivity contribution in [1.29, 1.82) is 0 Å². The SMILES string of the molecule is Cc1ccc(C2(N)CCC(C)CC2C)cc1C. The van der Waals surface area contributed by atoms with Gasteiger partial charge in [-0.15, -0.1) is 0 Å². The zero-order chi connectivity index (χ0) is 12.6. The van der Waals surface area contributed by atoms with Crippen LogP contribution in [0.15, 0.2) is 18.2 Å². The summed E-state index contributed by atoms with van der Waals surface area (Å²) < 4.78 is 0. The number of benzene rings is 1. The summed E-state index contributed by atoms with van der Waals surface area (Å²) in [5.41, 5.74) is 10.6. The minimum atomic E-state index is -0.106. The summed E-state index contributed by atoms with van der Waals surface area (Å²) in [5, 5.41) is 0. The third-order valence-electron chi connectivity index (χ3n) is 4.73. The van der Waals surface area contributed by atoms with E-state index in [1.807, 2.05) is 0 Å². The molecule has 2 rings (SSSR count). The Labute approximate surface area is 105 Å². The maximum atomic E-state index is 6.71. The highest BCUT2D eigenvalue weighted by Crippen LogP contribution is 2.41. The molecule has 2 N–H and O–H groups in total. The van der Waals surface area contributed by atoms with Crippen molar-refractivity contribution >= 4 is 0 Å². The predicted octanol–water partition coefficient (Wildman–Crippen LogP) is 3.91. The third kappa shape index (κ3) is 2.26. The molecule has 0 aliphatic heterocycles. The lowest BCUT2D eigenvalue weighted by Crippen LogP contribution is -2.46. The van der Waals surface area contributed by atoms with Crippen molar-refractivity contribution < 1.29 is 0 Å². The second-order valence-electron chi connectivity index (χ2n) is 6.12. The van der Waals surface area contributed by atoms with E-state index in [0.29, 0.717) is 5.92 Å². The van der Waals surface area contributed by atoms with Crippen LogP contribution in [-0.2, 0) is 5.54 Å². The highest BCUT2D eigenvalue weighted by atomic mass is 14.8. The maximum Gasteiger partial charge on any atom is 0.0435 e. The fourth-order valence-corrected chi connectivity index (χ4v) is 3.12. The Morgan fingerprint density at radius 3 is 2.47 bits per heavy atom. The lowest BCUT2D eigenvalue weighted by Gasteiger charge is -2.42. The van der Waals surface area contributed by atoms with Gasteiger partial charge < -0.3 is 5.73 Å². The van der Waals surface area contributed by atoms with Crippen LogP contribution in [0, 0.1) is 25.7 Å². The smallest absolute Gasteiger partial charge is 0.0435 e. The molecule has 1 nitrogen and oxygen atoms in total. The molecule has 1 aliphatic rings. The van der Waals surface area contributed by atoms with E-state index in [4.69, 9.17) is 5.73 Å². The molecule has 0 aromatic heterocycles. The third-order valence-corrected chi connectivity index (χ3v) is 4.73. The molecule has 0 radical (unpaired) electrons. The van der Waals surface area contributed by atoms with Gasteiger partial charge in [0.05, 0.1) is 0 Å². The standard InChI is InChI=1S/C16H25N/c1-11-7-8-16(17,14(4)9-11)15-6-5-12(2)13(3)10-15/h5-6,10-11,14H,7-9,17H2,1-4H3. The normalized spacial score (nSPS) is 33.7. The fourth-order valence-electron chi connectivity index (χ4n) is 3.12. The van der Waals surface area contributed by atoms with Crippen LogP contribution in [-0.4, -0.2) is 0 Å². The van der Waals surface area contributed by atoms with Gasteiger partial charge >= 0.3 is 0 Å². The van der Waals surface area contributed by atoms with Crippen LogP contribution in [0.2, 0.25) is 0 Å². The van der Waals surface area contributed by atoms with Crippen LogP contribution in [0.1, 0.15) is 49.8 Å². The summed E-state index contributed by atoms with van der Waals surface area (Å²) in [6.45, 7) is 8.99. The van der Waals surface area contributed by atoms with E-state index >= 15 is 0 Å². The summed E-state index contributed by atoms with van der Waals surface area (Å²) >= 11 is 0. The van der Waals surface area contributed by atoms with Gasteiger partial charge in [-0.3, -0.25) is 0 Å². The zero-order valence-corrected chi connectivity index (χ0v) is 11.6. The van der Waals surface area contributed by atoms with E-state index in [0.717, 1.165) is 12.3 Å². The van der Waals surface area contributed by atoms with Crippen LogP contribution < -0.4 is 5.73 Å². The van der Waals surface area contributed by atoms with Gasteiger partial charge in [-0.2, -0.15) is 0 Å². The van der Waals surface area contributed by atoms with Gasteiger partial charge in [0.15, 0.2) is 0 Å². The van der Waals surface area contributed by atoms with Crippen LogP contribution in [0.5, 0.6) is 0 Å². The van der Waals surface area contributed by atoms with Crippen LogP contribution in [0.3, 0.4) is 0 Å². The highest BCUT2D eigenvalue weighted by Gasteiger charge is 2.38. The van der Waals surface area contributed by atoms with E-state index in [1.54, 1.807) is 0 Å². The second-order valence-corrected chi connectivity index (χ2v) is 6.12. The number of rotatable bonds is 1. The molecule has 17 heavy (non-hydrogen) atoms. The van der Waals surface area contributed by atoms with E-state index < -0.39 is 0 Å². The van der Waals surface area contributed by atoms with Crippen molar-refractivity contribution in [2.75, 3.05) is 0 Å². The zero-order valence-electron chi connectivity index (χ0n) is 11.6. The molecule has 1 aromatic rings.